The van der Waals surface area contributed by atoms with Gasteiger partial charge in [-0.2, -0.15) is 0 Å². The van der Waals surface area contributed by atoms with E-state index in [2.05, 4.69) is 5.09 Å². The zero-order valence-electron chi connectivity index (χ0n) is 14.4. The Hall–Kier alpha value is -1.12. The monoisotopic (exact) mass is 325 g/mol. The number of hydrogen-bond donors (Lipinski definition) is 1. The minimum atomic E-state index is -2.99. The fourth-order valence-electron chi connectivity index (χ4n) is 2.33. The first-order chi connectivity index (χ1) is 10.1. The van der Waals surface area contributed by atoms with E-state index in [1.807, 2.05) is 65.0 Å². The van der Waals surface area contributed by atoms with Gasteiger partial charge in [0.2, 0.25) is 0 Å². The van der Waals surface area contributed by atoms with E-state index in [1.165, 1.54) is 7.11 Å². The van der Waals surface area contributed by atoms with Crippen LogP contribution in [-0.4, -0.2) is 24.3 Å². The molecule has 1 rings (SSSR count). The molecule has 1 aromatic rings. The molecule has 0 aliphatic carbocycles. The molecule has 0 aliphatic rings. The Bertz CT molecular complexity index is 535. The minimum absolute atomic E-state index is 0.292. The summed E-state index contributed by atoms with van der Waals surface area (Å²) in [6, 6.07) is 8.75. The van der Waals surface area contributed by atoms with Gasteiger partial charge >= 0.3 is 5.97 Å². The maximum atomic E-state index is 13.7. The van der Waals surface area contributed by atoms with E-state index in [0.29, 0.717) is 12.3 Å². The van der Waals surface area contributed by atoms with Crippen LogP contribution in [0.5, 0.6) is 0 Å². The third-order valence-electron chi connectivity index (χ3n) is 3.59. The van der Waals surface area contributed by atoms with E-state index in [-0.39, 0.29) is 5.97 Å². The third kappa shape index (κ3) is 4.44. The summed E-state index contributed by atoms with van der Waals surface area (Å²) in [5, 5.41) is 3.38. The van der Waals surface area contributed by atoms with Crippen LogP contribution in [0.25, 0.3) is 0 Å². The summed E-state index contributed by atoms with van der Waals surface area (Å²) >= 11 is 0. The molecule has 0 fully saturated rings. The number of rotatable bonds is 6. The van der Waals surface area contributed by atoms with Gasteiger partial charge in [0, 0.05) is 10.5 Å². The van der Waals surface area contributed by atoms with Crippen molar-refractivity contribution in [2.45, 2.75) is 52.2 Å². The molecule has 1 N–H and O–H groups in total. The summed E-state index contributed by atoms with van der Waals surface area (Å²) in [5.74, 6) is -0.0742. The molecule has 0 radical (unpaired) electrons. The van der Waals surface area contributed by atoms with Crippen LogP contribution in [0.4, 0.5) is 0 Å². The van der Waals surface area contributed by atoms with Crippen molar-refractivity contribution >= 4 is 18.6 Å². The number of carbonyl (C=O) groups is 1. The molecule has 0 aliphatic heterocycles. The number of esters is 1. The average Bonchev–Trinajstić information content (AvgIpc) is 2.44. The quantitative estimate of drug-likeness (QED) is 0.642. The van der Waals surface area contributed by atoms with Gasteiger partial charge in [0.05, 0.1) is 7.11 Å². The second-order valence-electron chi connectivity index (χ2n) is 6.95. The zero-order valence-corrected chi connectivity index (χ0v) is 15.3. The largest absolute Gasteiger partial charge is 0.468 e. The first-order valence-corrected chi connectivity index (χ1v) is 9.34. The number of nitrogens with one attached hydrogen (secondary N) is 1. The molecule has 5 heteroatoms. The molecule has 1 aromatic carbocycles. The van der Waals surface area contributed by atoms with Crippen LogP contribution >= 0.6 is 7.29 Å². The highest BCUT2D eigenvalue weighted by molar-refractivity contribution is 7.71. The van der Waals surface area contributed by atoms with Crippen LogP contribution < -0.4 is 10.4 Å². The molecule has 0 amide bonds. The summed E-state index contributed by atoms with van der Waals surface area (Å²) in [5.41, 5.74) is 0. The second kappa shape index (κ2) is 7.43. The lowest BCUT2D eigenvalue weighted by Gasteiger charge is -2.35. The SMILES string of the molecule is COC(=O)[C@@H](CC(C)C)N[P@@](=O)(c1ccccc1)C(C)(C)C. The Morgan fingerprint density at radius 2 is 1.77 bits per heavy atom. The lowest BCUT2D eigenvalue weighted by atomic mass is 10.1. The van der Waals surface area contributed by atoms with Gasteiger partial charge in [0.1, 0.15) is 6.04 Å². The Labute approximate surface area is 134 Å². The summed E-state index contributed by atoms with van der Waals surface area (Å²) in [7, 11) is -1.62. The fourth-order valence-corrected chi connectivity index (χ4v) is 4.88. The zero-order chi connectivity index (χ0) is 17.0. The highest BCUT2D eigenvalue weighted by Gasteiger charge is 2.41. The lowest BCUT2D eigenvalue weighted by Crippen LogP contribution is -2.43. The minimum Gasteiger partial charge on any atom is -0.468 e. The van der Waals surface area contributed by atoms with Crippen LogP contribution in [0.3, 0.4) is 0 Å². The molecule has 124 valence electrons. The number of methoxy groups -OCH3 is 1. The number of ether oxygens (including phenoxy) is 1. The molecule has 0 spiro atoms. The predicted octanol–water partition coefficient (Wildman–Crippen LogP) is 3.57. The lowest BCUT2D eigenvalue weighted by molar-refractivity contribution is -0.143. The van der Waals surface area contributed by atoms with Crippen LogP contribution in [0.15, 0.2) is 30.3 Å². The number of carbonyl (C=O) groups excluding carboxylic acids is 1. The van der Waals surface area contributed by atoms with Crippen molar-refractivity contribution in [1.82, 2.24) is 5.09 Å². The fraction of sp³-hybridized carbons (Fsp3) is 0.588. The normalized spacial score (nSPS) is 16.1. The Kier molecular flexibility index (Phi) is 6.39. The van der Waals surface area contributed by atoms with E-state index in [9.17, 15) is 9.36 Å². The molecule has 0 saturated carbocycles. The van der Waals surface area contributed by atoms with Crippen molar-refractivity contribution in [2.75, 3.05) is 7.11 Å². The summed E-state index contributed by atoms with van der Waals surface area (Å²) in [6.45, 7) is 9.84. The Morgan fingerprint density at radius 3 is 2.18 bits per heavy atom. The Morgan fingerprint density at radius 1 is 1.23 bits per heavy atom. The van der Waals surface area contributed by atoms with Gasteiger partial charge in [-0.15, -0.1) is 0 Å². The summed E-state index contributed by atoms with van der Waals surface area (Å²) in [6.07, 6.45) is 0.583. The van der Waals surface area contributed by atoms with Crippen LogP contribution in [-0.2, 0) is 14.1 Å². The van der Waals surface area contributed by atoms with Crippen molar-refractivity contribution in [3.05, 3.63) is 30.3 Å². The van der Waals surface area contributed by atoms with Crippen molar-refractivity contribution in [1.29, 1.82) is 0 Å². The van der Waals surface area contributed by atoms with Gasteiger partial charge in [-0.25, -0.2) is 5.09 Å². The van der Waals surface area contributed by atoms with Gasteiger partial charge in [-0.1, -0.05) is 65.0 Å². The summed E-state index contributed by atoms with van der Waals surface area (Å²) in [4.78, 5) is 12.1. The highest BCUT2D eigenvalue weighted by Crippen LogP contribution is 2.53. The molecule has 22 heavy (non-hydrogen) atoms. The first kappa shape index (κ1) is 18.9. The van der Waals surface area contributed by atoms with Crippen molar-refractivity contribution in [3.63, 3.8) is 0 Å². The van der Waals surface area contributed by atoms with Crippen LogP contribution in [0.2, 0.25) is 0 Å². The second-order valence-corrected chi connectivity index (χ2v) is 10.3. The molecule has 2 atom stereocenters. The van der Waals surface area contributed by atoms with E-state index in [4.69, 9.17) is 4.74 Å². The molecule has 0 bridgehead atoms. The van der Waals surface area contributed by atoms with Crippen molar-refractivity contribution < 1.29 is 14.1 Å². The molecule has 0 unspecified atom stereocenters. The van der Waals surface area contributed by atoms with Gasteiger partial charge < -0.3 is 9.30 Å². The maximum Gasteiger partial charge on any atom is 0.323 e. The molecule has 0 saturated heterocycles. The van der Waals surface area contributed by atoms with E-state index < -0.39 is 18.5 Å². The number of benzene rings is 1. The van der Waals surface area contributed by atoms with E-state index >= 15 is 0 Å². The molecule has 4 nitrogen and oxygen atoms in total. The highest BCUT2D eigenvalue weighted by atomic mass is 31.2. The van der Waals surface area contributed by atoms with Gasteiger partial charge in [0.25, 0.3) is 0 Å². The molecule has 0 heterocycles. The van der Waals surface area contributed by atoms with E-state index in [0.717, 1.165) is 5.30 Å². The first-order valence-electron chi connectivity index (χ1n) is 7.63. The van der Waals surface area contributed by atoms with Gasteiger partial charge in [-0.3, -0.25) is 4.79 Å². The van der Waals surface area contributed by atoms with Gasteiger partial charge in [0.15, 0.2) is 7.29 Å². The van der Waals surface area contributed by atoms with Crippen LogP contribution in [0, 0.1) is 5.92 Å². The predicted molar refractivity (Wildman–Crippen MR) is 91.8 cm³/mol. The standard InChI is InChI=1S/C17H28NO3P/c1-13(2)12-15(16(19)21-6)18-22(20,17(3,4)5)14-10-8-7-9-11-14/h7-11,13,15H,12H2,1-6H3,(H,18,20)/t15-,22-/m1/s1. The maximum absolute atomic E-state index is 13.7. The average molecular weight is 325 g/mol. The number of hydrogen-bond acceptors (Lipinski definition) is 3. The molecular formula is C17H28NO3P. The van der Waals surface area contributed by atoms with Crippen LogP contribution in [0.1, 0.15) is 41.0 Å². The molecule has 0 aromatic heterocycles. The summed E-state index contributed by atoms with van der Waals surface area (Å²) < 4.78 is 18.6. The topological polar surface area (TPSA) is 55.4 Å². The van der Waals surface area contributed by atoms with Gasteiger partial charge in [-0.05, 0) is 12.3 Å². The smallest absolute Gasteiger partial charge is 0.323 e. The third-order valence-corrected chi connectivity index (χ3v) is 7.18. The van der Waals surface area contributed by atoms with E-state index in [1.54, 1.807) is 0 Å². The Balaban J connectivity index is 3.23. The van der Waals surface area contributed by atoms with Crippen molar-refractivity contribution in [3.8, 4) is 0 Å². The molecular weight excluding hydrogens is 297 g/mol. The van der Waals surface area contributed by atoms with Crippen molar-refractivity contribution in [2.24, 2.45) is 5.92 Å².